The number of aryl methyl sites for hydroxylation is 3. The number of nitrogens with one attached hydrogen (secondary N) is 1. The van der Waals surface area contributed by atoms with Gasteiger partial charge in [0, 0.05) is 23.3 Å². The molecule has 4 heteroatoms. The summed E-state index contributed by atoms with van der Waals surface area (Å²) in [4.78, 5) is 16.3. The molecular weight excluding hydrogens is 238 g/mol. The van der Waals surface area contributed by atoms with E-state index in [4.69, 9.17) is 5.73 Å². The maximum absolute atomic E-state index is 12.2. The molecule has 0 unspecified atom stereocenters. The zero-order chi connectivity index (χ0) is 14.0. The number of pyridine rings is 1. The minimum atomic E-state index is -0.169. The second-order valence-electron chi connectivity index (χ2n) is 4.61. The second-order valence-corrected chi connectivity index (χ2v) is 4.61. The number of hydrogen-bond acceptors (Lipinski definition) is 3. The van der Waals surface area contributed by atoms with Crippen molar-refractivity contribution in [2.75, 3.05) is 11.1 Å². The first-order valence-electron chi connectivity index (χ1n) is 6.08. The van der Waals surface area contributed by atoms with Gasteiger partial charge in [-0.3, -0.25) is 9.78 Å². The summed E-state index contributed by atoms with van der Waals surface area (Å²) >= 11 is 0. The van der Waals surface area contributed by atoms with Crippen molar-refractivity contribution in [2.45, 2.75) is 20.8 Å². The van der Waals surface area contributed by atoms with E-state index < -0.39 is 0 Å². The molecule has 3 N–H and O–H groups in total. The predicted octanol–water partition coefficient (Wildman–Crippen LogP) is 2.84. The van der Waals surface area contributed by atoms with Gasteiger partial charge in [0.05, 0.1) is 5.56 Å². The van der Waals surface area contributed by atoms with Gasteiger partial charge in [0.25, 0.3) is 5.91 Å². The molecule has 1 aromatic carbocycles. The van der Waals surface area contributed by atoms with Gasteiger partial charge in [0.15, 0.2) is 0 Å². The highest BCUT2D eigenvalue weighted by Crippen LogP contribution is 2.23. The molecule has 1 heterocycles. The molecule has 2 aromatic rings. The molecule has 4 nitrogen and oxygen atoms in total. The molecule has 19 heavy (non-hydrogen) atoms. The van der Waals surface area contributed by atoms with Crippen molar-refractivity contribution in [2.24, 2.45) is 0 Å². The van der Waals surface area contributed by atoms with E-state index >= 15 is 0 Å². The first kappa shape index (κ1) is 13.1. The maximum atomic E-state index is 12.2. The van der Waals surface area contributed by atoms with Gasteiger partial charge in [0.2, 0.25) is 0 Å². The third-order valence-corrected chi connectivity index (χ3v) is 3.11. The van der Waals surface area contributed by atoms with E-state index in [0.29, 0.717) is 16.9 Å². The number of carbonyl (C=O) groups excluding carboxylic acids is 1. The van der Waals surface area contributed by atoms with Crippen LogP contribution >= 0.6 is 0 Å². The van der Waals surface area contributed by atoms with Gasteiger partial charge in [-0.05, 0) is 50.1 Å². The standard InChI is InChI=1S/C15H17N3O/c1-9-7-10(2)14(8-13(9)16)18-15(19)12-5-4-6-17-11(12)3/h4-8H,16H2,1-3H3,(H,18,19). The Balaban J connectivity index is 2.30. The van der Waals surface area contributed by atoms with Gasteiger partial charge < -0.3 is 11.1 Å². The zero-order valence-corrected chi connectivity index (χ0v) is 11.3. The highest BCUT2D eigenvalue weighted by molar-refractivity contribution is 6.05. The Morgan fingerprint density at radius 1 is 1.21 bits per heavy atom. The summed E-state index contributed by atoms with van der Waals surface area (Å²) < 4.78 is 0. The van der Waals surface area contributed by atoms with Crippen LogP contribution in [0.25, 0.3) is 0 Å². The molecule has 0 radical (unpaired) electrons. The minimum absolute atomic E-state index is 0.169. The van der Waals surface area contributed by atoms with Gasteiger partial charge in [0.1, 0.15) is 0 Å². The summed E-state index contributed by atoms with van der Waals surface area (Å²) in [7, 11) is 0. The second kappa shape index (κ2) is 5.10. The monoisotopic (exact) mass is 255 g/mol. The average molecular weight is 255 g/mol. The van der Waals surface area contributed by atoms with Crippen LogP contribution in [0.2, 0.25) is 0 Å². The van der Waals surface area contributed by atoms with Crippen LogP contribution in [-0.4, -0.2) is 10.9 Å². The fraction of sp³-hybridized carbons (Fsp3) is 0.200. The first-order chi connectivity index (χ1) is 8.99. The number of nitrogens with two attached hydrogens (primary N) is 1. The van der Waals surface area contributed by atoms with Gasteiger partial charge in [-0.1, -0.05) is 6.07 Å². The van der Waals surface area contributed by atoms with Crippen LogP contribution in [-0.2, 0) is 0 Å². The molecule has 98 valence electrons. The predicted molar refractivity (Wildman–Crippen MR) is 77.3 cm³/mol. The Labute approximate surface area is 112 Å². The number of nitrogens with zero attached hydrogens (tertiary/aromatic N) is 1. The van der Waals surface area contributed by atoms with Crippen molar-refractivity contribution in [3.63, 3.8) is 0 Å². The zero-order valence-electron chi connectivity index (χ0n) is 11.3. The lowest BCUT2D eigenvalue weighted by Gasteiger charge is -2.12. The van der Waals surface area contributed by atoms with Crippen LogP contribution in [0.3, 0.4) is 0 Å². The highest BCUT2D eigenvalue weighted by atomic mass is 16.1. The van der Waals surface area contributed by atoms with Gasteiger partial charge >= 0.3 is 0 Å². The molecule has 0 spiro atoms. The fourth-order valence-electron chi connectivity index (χ4n) is 1.92. The van der Waals surface area contributed by atoms with Gasteiger partial charge in [-0.2, -0.15) is 0 Å². The van der Waals surface area contributed by atoms with Gasteiger partial charge in [-0.15, -0.1) is 0 Å². The maximum Gasteiger partial charge on any atom is 0.257 e. The quantitative estimate of drug-likeness (QED) is 0.811. The van der Waals surface area contributed by atoms with Gasteiger partial charge in [-0.25, -0.2) is 0 Å². The smallest absolute Gasteiger partial charge is 0.257 e. The normalized spacial score (nSPS) is 10.3. The first-order valence-corrected chi connectivity index (χ1v) is 6.08. The van der Waals surface area contributed by atoms with Crippen molar-refractivity contribution in [1.82, 2.24) is 4.98 Å². The van der Waals surface area contributed by atoms with Crippen LogP contribution in [0.15, 0.2) is 30.5 Å². The van der Waals surface area contributed by atoms with Crippen molar-refractivity contribution in [3.05, 3.63) is 52.8 Å². The molecule has 2 rings (SSSR count). The summed E-state index contributed by atoms with van der Waals surface area (Å²) in [6, 6.07) is 7.25. The number of benzene rings is 1. The molecule has 0 aliphatic heterocycles. The number of rotatable bonds is 2. The van der Waals surface area contributed by atoms with Crippen LogP contribution in [0, 0.1) is 20.8 Å². The van der Waals surface area contributed by atoms with E-state index in [2.05, 4.69) is 10.3 Å². The van der Waals surface area contributed by atoms with E-state index in [-0.39, 0.29) is 5.91 Å². The molecular formula is C15H17N3O. The third kappa shape index (κ3) is 2.73. The Bertz CT molecular complexity index is 635. The van der Waals surface area contributed by atoms with Crippen LogP contribution in [0.1, 0.15) is 27.2 Å². The number of hydrogen-bond donors (Lipinski definition) is 2. The molecule has 0 bridgehead atoms. The Hall–Kier alpha value is -2.36. The topological polar surface area (TPSA) is 68.0 Å². The van der Waals surface area contributed by atoms with Crippen molar-refractivity contribution >= 4 is 17.3 Å². The van der Waals surface area contributed by atoms with E-state index in [1.807, 2.05) is 26.8 Å². The fourth-order valence-corrected chi connectivity index (χ4v) is 1.92. The number of carbonyl (C=O) groups is 1. The number of nitrogen functional groups attached to an aromatic ring is 1. The lowest BCUT2D eigenvalue weighted by atomic mass is 10.1. The highest BCUT2D eigenvalue weighted by Gasteiger charge is 2.11. The molecule has 0 saturated heterocycles. The van der Waals surface area contributed by atoms with Crippen LogP contribution < -0.4 is 11.1 Å². The Morgan fingerprint density at radius 2 is 1.95 bits per heavy atom. The number of amides is 1. The lowest BCUT2D eigenvalue weighted by molar-refractivity contribution is 0.102. The average Bonchev–Trinajstić information content (AvgIpc) is 2.36. The molecule has 0 atom stereocenters. The molecule has 0 aliphatic carbocycles. The van der Waals surface area contributed by atoms with E-state index in [1.54, 1.807) is 24.4 Å². The molecule has 0 aliphatic rings. The van der Waals surface area contributed by atoms with Crippen molar-refractivity contribution in [3.8, 4) is 0 Å². The molecule has 0 fully saturated rings. The molecule has 1 amide bonds. The number of anilines is 2. The van der Waals surface area contributed by atoms with Crippen molar-refractivity contribution in [1.29, 1.82) is 0 Å². The summed E-state index contributed by atoms with van der Waals surface area (Å²) in [6.45, 7) is 5.70. The summed E-state index contributed by atoms with van der Waals surface area (Å²) in [6.07, 6.45) is 1.67. The Morgan fingerprint density at radius 3 is 2.63 bits per heavy atom. The molecule has 1 aromatic heterocycles. The third-order valence-electron chi connectivity index (χ3n) is 3.11. The van der Waals surface area contributed by atoms with Crippen molar-refractivity contribution < 1.29 is 4.79 Å². The Kier molecular flexibility index (Phi) is 3.51. The summed E-state index contributed by atoms with van der Waals surface area (Å²) in [5.41, 5.74) is 10.5. The minimum Gasteiger partial charge on any atom is -0.398 e. The van der Waals surface area contributed by atoms with E-state index in [1.165, 1.54) is 0 Å². The van der Waals surface area contributed by atoms with E-state index in [9.17, 15) is 4.79 Å². The lowest BCUT2D eigenvalue weighted by Crippen LogP contribution is -2.15. The summed E-state index contributed by atoms with van der Waals surface area (Å²) in [5, 5.41) is 2.88. The van der Waals surface area contributed by atoms with Crippen LogP contribution in [0.4, 0.5) is 11.4 Å². The number of aromatic nitrogens is 1. The summed E-state index contributed by atoms with van der Waals surface area (Å²) in [5.74, 6) is -0.169. The SMILES string of the molecule is Cc1cc(C)c(NC(=O)c2cccnc2C)cc1N. The van der Waals surface area contributed by atoms with E-state index in [0.717, 1.165) is 16.8 Å². The largest absolute Gasteiger partial charge is 0.398 e. The van der Waals surface area contributed by atoms with Crippen LogP contribution in [0.5, 0.6) is 0 Å². The molecule has 0 saturated carbocycles.